The number of carbonyl (C=O) groups is 1. The normalized spacial score (nSPS) is 26.3. The summed E-state index contributed by atoms with van der Waals surface area (Å²) in [6.07, 6.45) is 1.77. The first kappa shape index (κ1) is 21.8. The van der Waals surface area contributed by atoms with E-state index in [1.54, 1.807) is 6.20 Å². The maximum Gasteiger partial charge on any atom is 0.416 e. The molecular formula is C24H28F3N3O. The lowest BCUT2D eigenvalue weighted by Crippen LogP contribution is -2.47. The van der Waals surface area contributed by atoms with Crippen LogP contribution in [0.5, 0.6) is 0 Å². The summed E-state index contributed by atoms with van der Waals surface area (Å²) in [5.74, 6) is 0.157. The summed E-state index contributed by atoms with van der Waals surface area (Å²) in [6.45, 7) is 4.08. The first-order chi connectivity index (χ1) is 14.7. The average Bonchev–Trinajstić information content (AvgIpc) is 3.25. The van der Waals surface area contributed by atoms with Crippen LogP contribution in [0.1, 0.15) is 61.9 Å². The second-order valence-corrected chi connectivity index (χ2v) is 8.82. The third-order valence-corrected chi connectivity index (χ3v) is 6.89. The molecule has 31 heavy (non-hydrogen) atoms. The Morgan fingerprint density at radius 3 is 2.58 bits per heavy atom. The standard InChI is InChI=1S/C24H28F3N3O/c1-4-5-18-14-23(22(31)30(18)3)12-10-20(29-23)21-15(2)19(11-13-28-21)16-6-8-17(9-7-16)24(25,26)27/h6-9,11,13,18,20,29H,4-5,10,12,14H2,1-3H3. The fourth-order valence-electron chi connectivity index (χ4n) is 5.22. The Balaban J connectivity index is 1.59. The van der Waals surface area contributed by atoms with E-state index in [9.17, 15) is 18.0 Å². The lowest BCUT2D eigenvalue weighted by Gasteiger charge is -2.24. The highest BCUT2D eigenvalue weighted by molar-refractivity contribution is 5.89. The van der Waals surface area contributed by atoms with Gasteiger partial charge in [0.15, 0.2) is 0 Å². The maximum atomic E-state index is 13.0. The van der Waals surface area contributed by atoms with Gasteiger partial charge in [-0.05, 0) is 67.5 Å². The van der Waals surface area contributed by atoms with E-state index in [2.05, 4.69) is 17.2 Å². The van der Waals surface area contributed by atoms with Crippen LogP contribution in [0.2, 0.25) is 0 Å². The van der Waals surface area contributed by atoms with Crippen molar-refractivity contribution in [2.75, 3.05) is 7.05 Å². The number of amides is 1. The van der Waals surface area contributed by atoms with E-state index in [0.717, 1.165) is 66.6 Å². The summed E-state index contributed by atoms with van der Waals surface area (Å²) < 4.78 is 38.7. The zero-order chi connectivity index (χ0) is 22.4. The number of rotatable bonds is 4. The molecule has 1 amide bonds. The fourth-order valence-corrected chi connectivity index (χ4v) is 5.22. The Bertz CT molecular complexity index is 973. The highest BCUT2D eigenvalue weighted by Crippen LogP contribution is 2.43. The van der Waals surface area contributed by atoms with Gasteiger partial charge in [-0.2, -0.15) is 13.2 Å². The van der Waals surface area contributed by atoms with Crippen molar-refractivity contribution in [3.05, 3.63) is 53.3 Å². The second-order valence-electron chi connectivity index (χ2n) is 8.82. The van der Waals surface area contributed by atoms with Crippen molar-refractivity contribution in [1.29, 1.82) is 0 Å². The van der Waals surface area contributed by atoms with Crippen molar-refractivity contribution in [3.8, 4) is 11.1 Å². The Kier molecular flexibility index (Phi) is 5.58. The molecule has 3 heterocycles. The van der Waals surface area contributed by atoms with E-state index in [1.807, 2.05) is 24.9 Å². The van der Waals surface area contributed by atoms with Crippen LogP contribution in [0.4, 0.5) is 13.2 Å². The predicted octanol–water partition coefficient (Wildman–Crippen LogP) is 5.27. The second kappa shape index (κ2) is 7.93. The molecule has 3 atom stereocenters. The monoisotopic (exact) mass is 431 g/mol. The third kappa shape index (κ3) is 3.84. The SMILES string of the molecule is CCCC1CC2(CCC(c3nccc(-c4ccc(C(F)(F)F)cc4)c3C)N2)C(=O)N1C. The van der Waals surface area contributed by atoms with Crippen LogP contribution in [0.3, 0.4) is 0 Å². The summed E-state index contributed by atoms with van der Waals surface area (Å²) in [5.41, 5.74) is 2.19. The number of benzene rings is 1. The minimum Gasteiger partial charge on any atom is -0.341 e. The average molecular weight is 432 g/mol. The summed E-state index contributed by atoms with van der Waals surface area (Å²) >= 11 is 0. The lowest BCUT2D eigenvalue weighted by atomic mass is 9.92. The zero-order valence-corrected chi connectivity index (χ0v) is 18.1. The number of likely N-dealkylation sites (tertiary alicyclic amines) is 1. The van der Waals surface area contributed by atoms with Crippen LogP contribution in [0.25, 0.3) is 11.1 Å². The Hall–Kier alpha value is -2.41. The smallest absolute Gasteiger partial charge is 0.341 e. The molecule has 4 rings (SSSR count). The number of pyridine rings is 1. The molecule has 1 aromatic carbocycles. The van der Waals surface area contributed by atoms with E-state index >= 15 is 0 Å². The number of nitrogens with zero attached hydrogens (tertiary/aromatic N) is 2. The van der Waals surface area contributed by atoms with Crippen molar-refractivity contribution >= 4 is 5.91 Å². The molecular weight excluding hydrogens is 403 g/mol. The van der Waals surface area contributed by atoms with Crippen LogP contribution in [-0.2, 0) is 11.0 Å². The van der Waals surface area contributed by atoms with Gasteiger partial charge in [-0.3, -0.25) is 15.1 Å². The van der Waals surface area contributed by atoms with Crippen LogP contribution in [-0.4, -0.2) is 34.4 Å². The van der Waals surface area contributed by atoms with Crippen LogP contribution in [0.15, 0.2) is 36.5 Å². The maximum absolute atomic E-state index is 13.0. The number of alkyl halides is 3. The molecule has 7 heteroatoms. The molecule has 3 unspecified atom stereocenters. The Morgan fingerprint density at radius 1 is 1.23 bits per heavy atom. The van der Waals surface area contributed by atoms with Gasteiger partial charge >= 0.3 is 6.18 Å². The van der Waals surface area contributed by atoms with E-state index in [1.165, 1.54) is 12.1 Å². The highest BCUT2D eigenvalue weighted by Gasteiger charge is 2.53. The molecule has 2 aliphatic rings. The van der Waals surface area contributed by atoms with Crippen molar-refractivity contribution in [2.24, 2.45) is 0 Å². The minimum atomic E-state index is -4.35. The van der Waals surface area contributed by atoms with Crippen molar-refractivity contribution in [1.82, 2.24) is 15.2 Å². The predicted molar refractivity (Wildman–Crippen MR) is 113 cm³/mol. The van der Waals surface area contributed by atoms with Gasteiger partial charge in [0.05, 0.1) is 17.3 Å². The van der Waals surface area contributed by atoms with Gasteiger partial charge in [-0.1, -0.05) is 25.5 Å². The summed E-state index contributed by atoms with van der Waals surface area (Å²) in [7, 11) is 1.89. The molecule has 0 radical (unpaired) electrons. The third-order valence-electron chi connectivity index (χ3n) is 6.89. The minimum absolute atomic E-state index is 0.0490. The van der Waals surface area contributed by atoms with Gasteiger partial charge < -0.3 is 4.90 Å². The number of halogens is 3. The van der Waals surface area contributed by atoms with Crippen LogP contribution < -0.4 is 5.32 Å². The number of hydrogen-bond acceptors (Lipinski definition) is 3. The largest absolute Gasteiger partial charge is 0.416 e. The first-order valence-electron chi connectivity index (χ1n) is 10.8. The Labute approximate surface area is 180 Å². The van der Waals surface area contributed by atoms with Gasteiger partial charge in [0, 0.05) is 19.3 Å². The number of aromatic nitrogens is 1. The van der Waals surface area contributed by atoms with Gasteiger partial charge in [-0.25, -0.2) is 0 Å². The van der Waals surface area contributed by atoms with Crippen LogP contribution in [0, 0.1) is 6.92 Å². The molecule has 2 saturated heterocycles. The van der Waals surface area contributed by atoms with Gasteiger partial charge in [0.1, 0.15) is 5.54 Å². The number of carbonyl (C=O) groups excluding carboxylic acids is 1. The molecule has 2 fully saturated rings. The van der Waals surface area contributed by atoms with Gasteiger partial charge in [-0.15, -0.1) is 0 Å². The molecule has 2 aliphatic heterocycles. The molecule has 2 aromatic rings. The van der Waals surface area contributed by atoms with E-state index in [-0.39, 0.29) is 18.0 Å². The molecule has 1 aromatic heterocycles. The fraction of sp³-hybridized carbons (Fsp3) is 0.500. The molecule has 4 nitrogen and oxygen atoms in total. The molecule has 1 N–H and O–H groups in total. The lowest BCUT2D eigenvalue weighted by molar-refractivity contribution is -0.137. The molecule has 0 aliphatic carbocycles. The van der Waals surface area contributed by atoms with Gasteiger partial charge in [0.2, 0.25) is 5.91 Å². The number of likely N-dealkylation sites (N-methyl/N-ethyl adjacent to an activating group) is 1. The van der Waals surface area contributed by atoms with Crippen LogP contribution >= 0.6 is 0 Å². The number of nitrogens with one attached hydrogen (secondary N) is 1. The van der Waals surface area contributed by atoms with Gasteiger partial charge in [0.25, 0.3) is 0 Å². The molecule has 0 saturated carbocycles. The topological polar surface area (TPSA) is 45.2 Å². The zero-order valence-electron chi connectivity index (χ0n) is 18.1. The van der Waals surface area contributed by atoms with Crippen molar-refractivity contribution in [2.45, 2.75) is 69.8 Å². The van der Waals surface area contributed by atoms with Crippen molar-refractivity contribution < 1.29 is 18.0 Å². The van der Waals surface area contributed by atoms with Crippen molar-refractivity contribution in [3.63, 3.8) is 0 Å². The first-order valence-corrected chi connectivity index (χ1v) is 10.8. The number of hydrogen-bond donors (Lipinski definition) is 1. The summed E-state index contributed by atoms with van der Waals surface area (Å²) in [6, 6.07) is 7.27. The van der Waals surface area contributed by atoms with E-state index < -0.39 is 17.3 Å². The summed E-state index contributed by atoms with van der Waals surface area (Å²) in [5, 5.41) is 3.60. The molecule has 166 valence electrons. The van der Waals surface area contributed by atoms with E-state index in [4.69, 9.17) is 0 Å². The highest BCUT2D eigenvalue weighted by atomic mass is 19.4. The van der Waals surface area contributed by atoms with E-state index in [0.29, 0.717) is 0 Å². The Morgan fingerprint density at radius 2 is 1.94 bits per heavy atom. The molecule has 0 bridgehead atoms. The molecule has 1 spiro atoms. The quantitative estimate of drug-likeness (QED) is 0.717. The summed E-state index contributed by atoms with van der Waals surface area (Å²) in [4.78, 5) is 19.5.